The Balaban J connectivity index is 0.745. The molecule has 2 atom stereocenters. The van der Waals surface area contributed by atoms with E-state index < -0.39 is 6.04 Å². The van der Waals surface area contributed by atoms with E-state index in [0.29, 0.717) is 46.7 Å². The third-order valence-electron chi connectivity index (χ3n) is 14.0. The first-order chi connectivity index (χ1) is 31.6. The molecule has 1 unspecified atom stereocenters. The molecule has 2 aromatic heterocycles. The summed E-state index contributed by atoms with van der Waals surface area (Å²) in [6.45, 7) is 11.9. The number of amides is 3. The van der Waals surface area contributed by atoms with Crippen LogP contribution < -0.4 is 35.8 Å². The van der Waals surface area contributed by atoms with Gasteiger partial charge in [-0.3, -0.25) is 29.2 Å². The number of likely N-dealkylation sites (tertiary alicyclic amines) is 1. The number of benzene rings is 2. The topological polar surface area (TPSA) is 178 Å². The normalized spacial score (nSPS) is 21.1. The molecule has 18 heteroatoms. The molecule has 4 N–H and O–H groups in total. The molecule has 0 bridgehead atoms. The van der Waals surface area contributed by atoms with E-state index in [1.807, 2.05) is 25.3 Å². The quantitative estimate of drug-likeness (QED) is 0.119. The smallest absolute Gasteiger partial charge is 0.251 e. The van der Waals surface area contributed by atoms with Crippen molar-refractivity contribution in [3.8, 4) is 11.4 Å². The van der Waals surface area contributed by atoms with Gasteiger partial charge in [-0.05, 0) is 87.8 Å². The highest BCUT2D eigenvalue weighted by molar-refractivity contribution is 6.01. The maximum atomic E-state index is 15.2. The number of methoxy groups -OCH3 is 1. The lowest BCUT2D eigenvalue weighted by Crippen LogP contribution is -2.50. The van der Waals surface area contributed by atoms with Crippen LogP contribution in [0.2, 0.25) is 0 Å². The summed E-state index contributed by atoms with van der Waals surface area (Å²) in [5.74, 6) is 3.08. The number of aryl methyl sites for hydroxylation is 1. The zero-order chi connectivity index (χ0) is 45.0. The molecule has 65 heavy (non-hydrogen) atoms. The molecular formula is C47H62FN13O4. The lowest BCUT2D eigenvalue weighted by atomic mass is 9.88. The van der Waals surface area contributed by atoms with Gasteiger partial charge in [-0.2, -0.15) is 4.98 Å². The van der Waals surface area contributed by atoms with Gasteiger partial charge in [0.15, 0.2) is 11.6 Å². The van der Waals surface area contributed by atoms with Crippen LogP contribution in [-0.2, 0) is 9.59 Å². The van der Waals surface area contributed by atoms with Crippen molar-refractivity contribution in [3.63, 3.8) is 0 Å². The summed E-state index contributed by atoms with van der Waals surface area (Å²) in [5.41, 5.74) is 3.16. The first-order valence-electron chi connectivity index (χ1n) is 23.6. The van der Waals surface area contributed by atoms with Gasteiger partial charge in [-0.25, -0.2) is 9.37 Å². The number of hydrogen-bond donors (Lipinski definition) is 4. The largest absolute Gasteiger partial charge is 0.495 e. The van der Waals surface area contributed by atoms with Crippen molar-refractivity contribution in [2.45, 2.75) is 96.2 Å². The van der Waals surface area contributed by atoms with Crippen LogP contribution >= 0.6 is 0 Å². The average molecular weight is 892 g/mol. The average Bonchev–Trinajstić information content (AvgIpc) is 3.71. The summed E-state index contributed by atoms with van der Waals surface area (Å²) >= 11 is 0. The van der Waals surface area contributed by atoms with Gasteiger partial charge >= 0.3 is 0 Å². The predicted octanol–water partition coefficient (Wildman–Crippen LogP) is 5.34. The van der Waals surface area contributed by atoms with Crippen molar-refractivity contribution in [2.75, 3.05) is 86.4 Å². The number of nitrogens with zero attached hydrogens (tertiary/aromatic N) is 9. The lowest BCUT2D eigenvalue weighted by molar-refractivity contribution is -0.133. The number of piperidine rings is 2. The molecule has 0 spiro atoms. The van der Waals surface area contributed by atoms with E-state index in [4.69, 9.17) is 14.7 Å². The molecule has 1 saturated carbocycles. The summed E-state index contributed by atoms with van der Waals surface area (Å²) in [4.78, 5) is 56.4. The number of carbonyl (C=O) groups is 3. The third-order valence-corrected chi connectivity index (χ3v) is 14.0. The molecule has 1 aliphatic carbocycles. The van der Waals surface area contributed by atoms with Crippen molar-refractivity contribution < 1.29 is 23.5 Å². The van der Waals surface area contributed by atoms with E-state index in [0.717, 1.165) is 101 Å². The van der Waals surface area contributed by atoms with Crippen LogP contribution in [0.15, 0.2) is 42.6 Å². The van der Waals surface area contributed by atoms with Crippen LogP contribution in [0, 0.1) is 18.7 Å². The Labute approximate surface area is 379 Å². The Morgan fingerprint density at radius 2 is 1.68 bits per heavy atom. The van der Waals surface area contributed by atoms with Gasteiger partial charge in [-0.1, -0.05) is 26.2 Å². The van der Waals surface area contributed by atoms with E-state index >= 15 is 4.39 Å². The molecule has 3 amide bonds. The van der Waals surface area contributed by atoms with Gasteiger partial charge in [0.05, 0.1) is 30.7 Å². The number of carbonyl (C=O) groups excluding carboxylic acids is 3. The number of hydrogen-bond acceptors (Lipinski definition) is 14. The molecule has 5 aliphatic rings. The maximum Gasteiger partial charge on any atom is 0.251 e. The van der Waals surface area contributed by atoms with Gasteiger partial charge in [0.25, 0.3) is 5.91 Å². The summed E-state index contributed by atoms with van der Waals surface area (Å²) in [6, 6.07) is 10.0. The summed E-state index contributed by atoms with van der Waals surface area (Å²) in [6.07, 6.45) is 11.4. The molecule has 4 fully saturated rings. The van der Waals surface area contributed by atoms with Crippen LogP contribution in [-0.4, -0.2) is 130 Å². The second-order valence-electron chi connectivity index (χ2n) is 18.2. The zero-order valence-electron chi connectivity index (χ0n) is 37.8. The minimum atomic E-state index is -0.555. The Bertz CT molecular complexity index is 2360. The van der Waals surface area contributed by atoms with Crippen molar-refractivity contribution in [1.29, 1.82) is 0 Å². The molecule has 346 valence electrons. The fourth-order valence-electron chi connectivity index (χ4n) is 10.2. The SMILES string of the molecule is CC[C@H]1c2nnc(C)n2-c2cnc(Nc3ccc(C(=O)NC4CCN(CCN5CCN(c6ccc(NC7CCC(=O)NC7=O)cc6F)CC5)CC4)cc3OC)nc2N1CC1CCCCC1. The number of anilines is 5. The Morgan fingerprint density at radius 1 is 0.908 bits per heavy atom. The van der Waals surface area contributed by atoms with E-state index in [1.54, 1.807) is 25.3 Å². The number of rotatable bonds is 14. The van der Waals surface area contributed by atoms with Gasteiger partial charge < -0.3 is 35.4 Å². The molecule has 4 aromatic rings. The number of nitrogens with one attached hydrogen (secondary N) is 4. The van der Waals surface area contributed by atoms with Crippen LogP contribution in [0.1, 0.15) is 99.2 Å². The highest BCUT2D eigenvalue weighted by atomic mass is 19.1. The van der Waals surface area contributed by atoms with E-state index in [-0.39, 0.29) is 42.0 Å². The van der Waals surface area contributed by atoms with Crippen LogP contribution in [0.5, 0.6) is 5.75 Å². The van der Waals surface area contributed by atoms with Crippen molar-refractivity contribution >= 4 is 46.5 Å². The zero-order valence-corrected chi connectivity index (χ0v) is 37.8. The number of ether oxygens (including phenoxy) is 1. The molecule has 6 heterocycles. The monoisotopic (exact) mass is 892 g/mol. The summed E-state index contributed by atoms with van der Waals surface area (Å²) in [5, 5.41) is 21.1. The standard InChI is InChI=1S/C47H62FN13O4/c1-4-38-44-56-55-30(2)61(44)40-28-49-47(54-43(40)60(38)29-31-8-6-5-7-9-31)52-36-12-10-32(26-41(36)65-3)45(63)51-33-16-18-57(19-17-33)20-21-58-22-24-59(25-23-58)39-14-11-34(27-35(39)48)50-37-13-15-42(62)53-46(37)64/h10-12,14,26-28,31,33,37-38,50H,4-9,13,15-25,29H2,1-3H3,(H,51,63)(H,49,52,54)(H,53,62,64)/t37?,38-/m0/s1. The van der Waals surface area contributed by atoms with E-state index in [1.165, 1.54) is 38.2 Å². The number of piperazine rings is 1. The number of aromatic nitrogens is 5. The van der Waals surface area contributed by atoms with Crippen LogP contribution in [0.4, 0.5) is 33.2 Å². The van der Waals surface area contributed by atoms with Crippen molar-refractivity contribution in [1.82, 2.24) is 45.2 Å². The fraction of sp³-hybridized carbons (Fsp3) is 0.553. The lowest BCUT2D eigenvalue weighted by Gasteiger charge is -2.39. The summed E-state index contributed by atoms with van der Waals surface area (Å²) < 4.78 is 23.1. The second kappa shape index (κ2) is 19.7. The minimum absolute atomic E-state index is 0.0624. The van der Waals surface area contributed by atoms with Gasteiger partial charge in [0, 0.05) is 82.6 Å². The number of imide groups is 1. The number of halogens is 1. The van der Waals surface area contributed by atoms with E-state index in [2.05, 4.69) is 62.6 Å². The highest BCUT2D eigenvalue weighted by Gasteiger charge is 2.36. The minimum Gasteiger partial charge on any atom is -0.495 e. The molecule has 4 aliphatic heterocycles. The summed E-state index contributed by atoms with van der Waals surface area (Å²) in [7, 11) is 1.60. The molecular weight excluding hydrogens is 830 g/mol. The molecule has 0 radical (unpaired) electrons. The fourth-order valence-corrected chi connectivity index (χ4v) is 10.2. The van der Waals surface area contributed by atoms with Crippen LogP contribution in [0.3, 0.4) is 0 Å². The van der Waals surface area contributed by atoms with E-state index in [9.17, 15) is 14.4 Å². The molecule has 3 saturated heterocycles. The second-order valence-corrected chi connectivity index (χ2v) is 18.2. The number of fused-ring (bicyclic) bond motifs is 3. The Hall–Kier alpha value is -5.88. The predicted molar refractivity (Wildman–Crippen MR) is 247 cm³/mol. The van der Waals surface area contributed by atoms with Gasteiger partial charge in [-0.15, -0.1) is 10.2 Å². The van der Waals surface area contributed by atoms with Gasteiger partial charge in [0.1, 0.15) is 29.1 Å². The molecule has 17 nitrogen and oxygen atoms in total. The Morgan fingerprint density at radius 3 is 2.40 bits per heavy atom. The van der Waals surface area contributed by atoms with Crippen LogP contribution in [0.25, 0.3) is 5.69 Å². The Kier molecular flexibility index (Phi) is 13.4. The van der Waals surface area contributed by atoms with Crippen molar-refractivity contribution in [3.05, 3.63) is 65.6 Å². The maximum absolute atomic E-state index is 15.2. The van der Waals surface area contributed by atoms with Crippen molar-refractivity contribution in [2.24, 2.45) is 5.92 Å². The first-order valence-corrected chi connectivity index (χ1v) is 23.6. The first kappa shape index (κ1) is 44.3. The third kappa shape index (κ3) is 9.88. The molecule has 2 aromatic carbocycles. The van der Waals surface area contributed by atoms with Gasteiger partial charge in [0.2, 0.25) is 17.8 Å². The highest BCUT2D eigenvalue weighted by Crippen LogP contribution is 2.41. The molecule has 9 rings (SSSR count).